The number of para-hydroxylation sites is 1. The number of nitrogens with one attached hydrogen (secondary N) is 2. The number of carbonyl (C=O) groups is 3. The number of methoxy groups -OCH3 is 1. The molecule has 0 aromatic heterocycles. The Labute approximate surface area is 194 Å². The summed E-state index contributed by atoms with van der Waals surface area (Å²) >= 11 is 0. The zero-order valence-electron chi connectivity index (χ0n) is 19.2. The highest BCUT2D eigenvalue weighted by Crippen LogP contribution is 2.41. The Bertz CT molecular complexity index is 1020. The van der Waals surface area contributed by atoms with E-state index in [1.165, 1.54) is 4.90 Å². The Morgan fingerprint density at radius 2 is 1.76 bits per heavy atom. The maximum atomic E-state index is 13.0. The number of imide groups is 1. The first-order valence-corrected chi connectivity index (χ1v) is 11.6. The quantitative estimate of drug-likeness (QED) is 0.632. The van der Waals surface area contributed by atoms with E-state index in [0.29, 0.717) is 37.1 Å². The molecule has 2 aromatic carbocycles. The van der Waals surface area contributed by atoms with Gasteiger partial charge in [-0.25, -0.2) is 4.79 Å². The first kappa shape index (κ1) is 22.8. The van der Waals surface area contributed by atoms with Crippen LogP contribution in [0.5, 0.6) is 5.75 Å². The van der Waals surface area contributed by atoms with E-state index in [0.717, 1.165) is 18.4 Å². The van der Waals surface area contributed by atoms with Crippen molar-refractivity contribution in [2.24, 2.45) is 0 Å². The molecule has 2 N–H and O–H groups in total. The SMILES string of the molecule is CCC1NC(=O)N(C2CCC(CNC(=O)c3ccccc3OC)(c3ccccc3)CC2)C1=O. The van der Waals surface area contributed by atoms with Crippen LogP contribution in [0.4, 0.5) is 4.79 Å². The summed E-state index contributed by atoms with van der Waals surface area (Å²) in [5.74, 6) is 0.241. The lowest BCUT2D eigenvalue weighted by molar-refractivity contribution is -0.129. The molecular weight excluding hydrogens is 418 g/mol. The molecule has 0 radical (unpaired) electrons. The van der Waals surface area contributed by atoms with Crippen molar-refractivity contribution in [1.29, 1.82) is 0 Å². The molecule has 7 heteroatoms. The third kappa shape index (κ3) is 4.45. The van der Waals surface area contributed by atoms with E-state index in [-0.39, 0.29) is 29.3 Å². The molecule has 4 rings (SSSR count). The highest BCUT2D eigenvalue weighted by molar-refractivity contribution is 6.04. The van der Waals surface area contributed by atoms with E-state index in [1.54, 1.807) is 19.2 Å². The van der Waals surface area contributed by atoms with Gasteiger partial charge in [-0.2, -0.15) is 0 Å². The minimum absolute atomic E-state index is 0.115. The van der Waals surface area contributed by atoms with Gasteiger partial charge in [0.25, 0.3) is 11.8 Å². The molecule has 1 atom stereocenters. The van der Waals surface area contributed by atoms with Crippen molar-refractivity contribution in [2.75, 3.05) is 13.7 Å². The smallest absolute Gasteiger partial charge is 0.325 e. The Morgan fingerprint density at radius 1 is 1.09 bits per heavy atom. The maximum Gasteiger partial charge on any atom is 0.325 e. The van der Waals surface area contributed by atoms with Gasteiger partial charge in [0, 0.05) is 18.0 Å². The fourth-order valence-electron chi connectivity index (χ4n) is 5.12. The number of urea groups is 1. The molecule has 1 aliphatic carbocycles. The number of benzene rings is 2. The summed E-state index contributed by atoms with van der Waals surface area (Å²) in [4.78, 5) is 39.5. The van der Waals surface area contributed by atoms with E-state index < -0.39 is 6.04 Å². The minimum atomic E-state index is -0.418. The van der Waals surface area contributed by atoms with Crippen LogP contribution in [0.25, 0.3) is 0 Å². The average molecular weight is 450 g/mol. The van der Waals surface area contributed by atoms with Gasteiger partial charge in [-0.05, 0) is 49.8 Å². The van der Waals surface area contributed by atoms with Crippen LogP contribution in [-0.2, 0) is 10.2 Å². The average Bonchev–Trinajstić information content (AvgIpc) is 3.16. The molecule has 1 unspecified atom stereocenters. The van der Waals surface area contributed by atoms with Crippen molar-refractivity contribution in [3.63, 3.8) is 0 Å². The fourth-order valence-corrected chi connectivity index (χ4v) is 5.12. The second-order valence-electron chi connectivity index (χ2n) is 8.88. The molecule has 1 saturated carbocycles. The topological polar surface area (TPSA) is 87.7 Å². The molecule has 1 aliphatic heterocycles. The monoisotopic (exact) mass is 449 g/mol. The minimum Gasteiger partial charge on any atom is -0.496 e. The van der Waals surface area contributed by atoms with Gasteiger partial charge in [0.05, 0.1) is 12.7 Å². The zero-order chi connectivity index (χ0) is 23.4. The van der Waals surface area contributed by atoms with Crippen LogP contribution in [0.2, 0.25) is 0 Å². The molecule has 4 amide bonds. The van der Waals surface area contributed by atoms with Crippen LogP contribution in [0, 0.1) is 0 Å². The number of ether oxygens (including phenoxy) is 1. The molecule has 0 bridgehead atoms. The van der Waals surface area contributed by atoms with Gasteiger partial charge in [0.2, 0.25) is 0 Å². The van der Waals surface area contributed by atoms with E-state index in [4.69, 9.17) is 4.74 Å². The van der Waals surface area contributed by atoms with Crippen LogP contribution in [0.1, 0.15) is 54.9 Å². The summed E-state index contributed by atoms with van der Waals surface area (Å²) in [6.45, 7) is 2.37. The number of nitrogens with zero attached hydrogens (tertiary/aromatic N) is 1. The Morgan fingerprint density at radius 3 is 2.39 bits per heavy atom. The lowest BCUT2D eigenvalue weighted by atomic mass is 9.68. The van der Waals surface area contributed by atoms with Gasteiger partial charge < -0.3 is 15.4 Å². The molecule has 1 saturated heterocycles. The Hall–Kier alpha value is -3.35. The van der Waals surface area contributed by atoms with E-state index >= 15 is 0 Å². The number of carbonyl (C=O) groups excluding carboxylic acids is 3. The van der Waals surface area contributed by atoms with E-state index in [2.05, 4.69) is 22.8 Å². The summed E-state index contributed by atoms with van der Waals surface area (Å²) in [7, 11) is 1.55. The lowest BCUT2D eigenvalue weighted by Crippen LogP contribution is -2.49. The van der Waals surface area contributed by atoms with E-state index in [9.17, 15) is 14.4 Å². The van der Waals surface area contributed by atoms with Crippen LogP contribution in [0.3, 0.4) is 0 Å². The van der Waals surface area contributed by atoms with Gasteiger partial charge in [0.1, 0.15) is 11.8 Å². The van der Waals surface area contributed by atoms with Crippen molar-refractivity contribution in [3.05, 3.63) is 65.7 Å². The second kappa shape index (κ2) is 9.65. The largest absolute Gasteiger partial charge is 0.496 e. The first-order chi connectivity index (χ1) is 16.0. The van der Waals surface area contributed by atoms with Crippen molar-refractivity contribution in [3.8, 4) is 5.75 Å². The molecular formula is C26H31N3O4. The van der Waals surface area contributed by atoms with E-state index in [1.807, 2.05) is 37.3 Å². The molecule has 2 fully saturated rings. The zero-order valence-corrected chi connectivity index (χ0v) is 19.2. The van der Waals surface area contributed by atoms with Gasteiger partial charge >= 0.3 is 6.03 Å². The van der Waals surface area contributed by atoms with Crippen molar-refractivity contribution in [1.82, 2.24) is 15.5 Å². The first-order valence-electron chi connectivity index (χ1n) is 11.6. The third-order valence-electron chi connectivity index (χ3n) is 7.06. The lowest BCUT2D eigenvalue weighted by Gasteiger charge is -2.42. The number of rotatable bonds is 7. The number of hydrogen-bond acceptors (Lipinski definition) is 4. The number of amides is 4. The summed E-state index contributed by atoms with van der Waals surface area (Å²) in [6, 6.07) is 16.5. The summed E-state index contributed by atoms with van der Waals surface area (Å²) < 4.78 is 5.34. The molecule has 1 heterocycles. The van der Waals surface area contributed by atoms with Gasteiger partial charge in [-0.15, -0.1) is 0 Å². The Kier molecular flexibility index (Phi) is 6.67. The molecule has 33 heavy (non-hydrogen) atoms. The molecule has 174 valence electrons. The van der Waals surface area contributed by atoms with Gasteiger partial charge in [-0.3, -0.25) is 14.5 Å². The molecule has 2 aliphatic rings. The van der Waals surface area contributed by atoms with Crippen LogP contribution < -0.4 is 15.4 Å². The van der Waals surface area contributed by atoms with Gasteiger partial charge in [0.15, 0.2) is 0 Å². The highest BCUT2D eigenvalue weighted by atomic mass is 16.5. The predicted molar refractivity (Wildman–Crippen MR) is 125 cm³/mol. The Balaban J connectivity index is 1.51. The van der Waals surface area contributed by atoms with Crippen LogP contribution in [0.15, 0.2) is 54.6 Å². The fraction of sp³-hybridized carbons (Fsp3) is 0.423. The normalized spacial score (nSPS) is 25.0. The van der Waals surface area contributed by atoms with Crippen molar-refractivity contribution in [2.45, 2.75) is 56.5 Å². The summed E-state index contributed by atoms with van der Waals surface area (Å²) in [5.41, 5.74) is 1.40. The standard InChI is InChI=1S/C26H31N3O4/c1-3-21-24(31)29(25(32)28-21)19-13-15-26(16-14-19,18-9-5-4-6-10-18)17-27-23(30)20-11-7-8-12-22(20)33-2/h4-12,19,21H,3,13-17H2,1-2H3,(H,27,30)(H,28,32). The summed E-state index contributed by atoms with van der Waals surface area (Å²) in [6.07, 6.45) is 3.53. The van der Waals surface area contributed by atoms with Crippen LogP contribution >= 0.6 is 0 Å². The van der Waals surface area contributed by atoms with Gasteiger partial charge in [-0.1, -0.05) is 49.4 Å². The second-order valence-corrected chi connectivity index (χ2v) is 8.88. The van der Waals surface area contributed by atoms with Crippen LogP contribution in [-0.4, -0.2) is 48.5 Å². The van der Waals surface area contributed by atoms with Crippen molar-refractivity contribution < 1.29 is 19.1 Å². The molecule has 2 aromatic rings. The number of hydrogen-bond donors (Lipinski definition) is 2. The third-order valence-corrected chi connectivity index (χ3v) is 7.06. The summed E-state index contributed by atoms with van der Waals surface area (Å²) in [5, 5.41) is 5.91. The molecule has 7 nitrogen and oxygen atoms in total. The highest BCUT2D eigenvalue weighted by Gasteiger charge is 2.45. The molecule has 0 spiro atoms. The van der Waals surface area contributed by atoms with Crippen molar-refractivity contribution >= 4 is 17.8 Å². The maximum absolute atomic E-state index is 13.0. The predicted octanol–water partition coefficient (Wildman–Crippen LogP) is 3.64.